The van der Waals surface area contributed by atoms with Gasteiger partial charge in [-0.25, -0.2) is 4.98 Å². The van der Waals surface area contributed by atoms with Crippen molar-refractivity contribution in [1.82, 2.24) is 19.8 Å². The predicted molar refractivity (Wildman–Crippen MR) is 94.0 cm³/mol. The second-order valence-electron chi connectivity index (χ2n) is 6.15. The van der Waals surface area contributed by atoms with Gasteiger partial charge in [0.05, 0.1) is 12.6 Å². The first-order valence-corrected chi connectivity index (χ1v) is 8.45. The van der Waals surface area contributed by atoms with Gasteiger partial charge in [0.1, 0.15) is 17.3 Å². The van der Waals surface area contributed by atoms with Crippen molar-refractivity contribution in [3.05, 3.63) is 47.5 Å². The molecule has 0 radical (unpaired) electrons. The maximum Gasteiger partial charge on any atom is 0.271 e. The second-order valence-corrected chi connectivity index (χ2v) is 6.15. The van der Waals surface area contributed by atoms with Crippen LogP contribution in [-0.2, 0) is 11.3 Å². The number of phenols is 1. The number of benzene rings is 1. The number of amides is 2. The standard InChI is InChI=1S/C18H22N4O4/c1-12-16-20-15(17(24)19-6-9-26-2)11-21(16)7-8-22(12)18(25)13-4-3-5-14(23)10-13/h3-5,10-12,23H,6-9H2,1-2H3,(H,19,24)/t12-/m1/s1. The highest BCUT2D eigenvalue weighted by Gasteiger charge is 2.31. The molecule has 2 heterocycles. The van der Waals surface area contributed by atoms with Gasteiger partial charge in [0.15, 0.2) is 0 Å². The maximum absolute atomic E-state index is 12.8. The fraction of sp³-hybridized carbons (Fsp3) is 0.389. The summed E-state index contributed by atoms with van der Waals surface area (Å²) in [6.45, 7) is 3.79. The lowest BCUT2D eigenvalue weighted by atomic mass is 10.1. The molecule has 2 aromatic rings. The number of aromatic hydroxyl groups is 1. The summed E-state index contributed by atoms with van der Waals surface area (Å²) < 4.78 is 6.82. The third-order valence-electron chi connectivity index (χ3n) is 4.41. The molecule has 3 rings (SSSR count). The minimum absolute atomic E-state index is 0.0528. The molecule has 0 fully saturated rings. The van der Waals surface area contributed by atoms with E-state index in [-0.39, 0.29) is 23.6 Å². The van der Waals surface area contributed by atoms with Crippen LogP contribution in [-0.4, -0.2) is 58.2 Å². The largest absolute Gasteiger partial charge is 0.508 e. The molecule has 1 aromatic carbocycles. The molecule has 0 spiro atoms. The average molecular weight is 358 g/mol. The number of aromatic nitrogens is 2. The molecule has 138 valence electrons. The lowest BCUT2D eigenvalue weighted by Gasteiger charge is -2.33. The van der Waals surface area contributed by atoms with Gasteiger partial charge < -0.3 is 24.6 Å². The quantitative estimate of drug-likeness (QED) is 0.783. The molecule has 0 unspecified atom stereocenters. The highest BCUT2D eigenvalue weighted by Crippen LogP contribution is 2.27. The molecule has 8 heteroatoms. The van der Waals surface area contributed by atoms with Crippen LogP contribution >= 0.6 is 0 Å². The van der Waals surface area contributed by atoms with Crippen LogP contribution < -0.4 is 5.32 Å². The van der Waals surface area contributed by atoms with Gasteiger partial charge in [-0.1, -0.05) is 6.07 Å². The van der Waals surface area contributed by atoms with E-state index in [1.54, 1.807) is 30.3 Å². The number of ether oxygens (including phenoxy) is 1. The molecule has 0 saturated heterocycles. The normalized spacial score (nSPS) is 16.2. The van der Waals surface area contributed by atoms with Gasteiger partial charge in [0.25, 0.3) is 11.8 Å². The van der Waals surface area contributed by atoms with Gasteiger partial charge in [-0.15, -0.1) is 0 Å². The molecule has 8 nitrogen and oxygen atoms in total. The second kappa shape index (κ2) is 7.57. The van der Waals surface area contributed by atoms with Crippen LogP contribution in [0.4, 0.5) is 0 Å². The Bertz CT molecular complexity index is 817. The Balaban J connectivity index is 1.76. The molecular weight excluding hydrogens is 336 g/mol. The van der Waals surface area contributed by atoms with Gasteiger partial charge in [-0.3, -0.25) is 9.59 Å². The first-order valence-electron chi connectivity index (χ1n) is 8.45. The van der Waals surface area contributed by atoms with Crippen LogP contribution in [0.25, 0.3) is 0 Å². The van der Waals surface area contributed by atoms with Crippen molar-refractivity contribution in [2.24, 2.45) is 0 Å². The molecule has 1 atom stereocenters. The molecule has 1 aliphatic heterocycles. The summed E-state index contributed by atoms with van der Waals surface area (Å²) in [6.07, 6.45) is 1.71. The van der Waals surface area contributed by atoms with E-state index in [0.717, 1.165) is 0 Å². The highest BCUT2D eigenvalue weighted by molar-refractivity contribution is 5.95. The lowest BCUT2D eigenvalue weighted by Crippen LogP contribution is -2.41. The number of carbonyl (C=O) groups is 2. The van der Waals surface area contributed by atoms with Gasteiger partial charge in [0, 0.05) is 38.5 Å². The minimum Gasteiger partial charge on any atom is -0.508 e. The average Bonchev–Trinajstić information content (AvgIpc) is 3.07. The summed E-state index contributed by atoms with van der Waals surface area (Å²) in [5.41, 5.74) is 0.754. The number of phenolic OH excluding ortho intramolecular Hbond substituents is 1. The van der Waals surface area contributed by atoms with Crippen molar-refractivity contribution in [3.8, 4) is 5.75 Å². The number of carbonyl (C=O) groups excluding carboxylic acids is 2. The lowest BCUT2D eigenvalue weighted by molar-refractivity contribution is 0.0637. The van der Waals surface area contributed by atoms with Gasteiger partial charge in [0.2, 0.25) is 0 Å². The van der Waals surface area contributed by atoms with Gasteiger partial charge >= 0.3 is 0 Å². The number of hydrogen-bond donors (Lipinski definition) is 2. The number of nitrogens with zero attached hydrogens (tertiary/aromatic N) is 3. The Morgan fingerprint density at radius 1 is 1.38 bits per heavy atom. The van der Waals surface area contributed by atoms with Crippen LogP contribution in [0.2, 0.25) is 0 Å². The van der Waals surface area contributed by atoms with Crippen molar-refractivity contribution in [3.63, 3.8) is 0 Å². The smallest absolute Gasteiger partial charge is 0.271 e. The fourth-order valence-corrected chi connectivity index (χ4v) is 3.04. The molecule has 0 bridgehead atoms. The van der Waals surface area contributed by atoms with Crippen molar-refractivity contribution in [2.75, 3.05) is 26.8 Å². The van der Waals surface area contributed by atoms with Crippen LogP contribution in [0.1, 0.15) is 39.6 Å². The predicted octanol–water partition coefficient (Wildman–Crippen LogP) is 1.18. The Kier molecular flexibility index (Phi) is 5.22. The third kappa shape index (κ3) is 3.55. The Labute approximate surface area is 151 Å². The highest BCUT2D eigenvalue weighted by atomic mass is 16.5. The number of fused-ring (bicyclic) bond motifs is 1. The van der Waals surface area contributed by atoms with E-state index < -0.39 is 0 Å². The number of rotatable bonds is 5. The molecule has 26 heavy (non-hydrogen) atoms. The first-order chi connectivity index (χ1) is 12.5. The SMILES string of the molecule is COCCNC(=O)c1cn2c(n1)[C@@H](C)N(C(=O)c1cccc(O)c1)CC2. The van der Waals surface area contributed by atoms with Gasteiger partial charge in [-0.05, 0) is 25.1 Å². The van der Waals surface area contributed by atoms with Crippen LogP contribution in [0.15, 0.2) is 30.5 Å². The summed E-state index contributed by atoms with van der Waals surface area (Å²) in [5, 5.41) is 12.3. The van der Waals surface area contributed by atoms with E-state index >= 15 is 0 Å². The molecule has 2 amide bonds. The van der Waals surface area contributed by atoms with E-state index in [1.165, 1.54) is 12.1 Å². The Morgan fingerprint density at radius 3 is 2.92 bits per heavy atom. The maximum atomic E-state index is 12.8. The third-order valence-corrected chi connectivity index (χ3v) is 4.41. The zero-order chi connectivity index (χ0) is 18.7. The van der Waals surface area contributed by atoms with E-state index in [9.17, 15) is 14.7 Å². The number of methoxy groups -OCH3 is 1. The number of imidazole rings is 1. The summed E-state index contributed by atoms with van der Waals surface area (Å²) in [5.74, 6) is 0.287. The van der Waals surface area contributed by atoms with Gasteiger partial charge in [-0.2, -0.15) is 0 Å². The number of nitrogens with one attached hydrogen (secondary N) is 1. The van der Waals surface area contributed by atoms with Crippen molar-refractivity contribution >= 4 is 11.8 Å². The zero-order valence-corrected chi connectivity index (χ0v) is 14.8. The van der Waals surface area contributed by atoms with Crippen LogP contribution in [0.5, 0.6) is 5.75 Å². The Hall–Kier alpha value is -2.87. The minimum atomic E-state index is -0.279. The summed E-state index contributed by atoms with van der Waals surface area (Å²) >= 11 is 0. The molecule has 1 aromatic heterocycles. The molecule has 0 aliphatic carbocycles. The zero-order valence-electron chi connectivity index (χ0n) is 14.8. The van der Waals surface area contributed by atoms with E-state index in [2.05, 4.69) is 10.3 Å². The van der Waals surface area contributed by atoms with Crippen LogP contribution in [0, 0.1) is 0 Å². The van der Waals surface area contributed by atoms with Crippen molar-refractivity contribution < 1.29 is 19.4 Å². The number of hydrogen-bond acceptors (Lipinski definition) is 5. The topological polar surface area (TPSA) is 96.7 Å². The Morgan fingerprint density at radius 2 is 2.19 bits per heavy atom. The molecule has 2 N–H and O–H groups in total. The molecule has 1 aliphatic rings. The van der Waals surface area contributed by atoms with Crippen molar-refractivity contribution in [2.45, 2.75) is 19.5 Å². The fourth-order valence-electron chi connectivity index (χ4n) is 3.04. The van der Waals surface area contributed by atoms with E-state index in [0.29, 0.717) is 43.3 Å². The molecule has 0 saturated carbocycles. The first kappa shape index (κ1) is 17.9. The van der Waals surface area contributed by atoms with Crippen LogP contribution in [0.3, 0.4) is 0 Å². The van der Waals surface area contributed by atoms with Crippen molar-refractivity contribution in [1.29, 1.82) is 0 Å². The molecular formula is C18H22N4O4. The monoisotopic (exact) mass is 358 g/mol. The summed E-state index contributed by atoms with van der Waals surface area (Å²) in [4.78, 5) is 31.1. The van der Waals surface area contributed by atoms with E-state index in [4.69, 9.17) is 4.74 Å². The summed E-state index contributed by atoms with van der Waals surface area (Å²) in [7, 11) is 1.57. The summed E-state index contributed by atoms with van der Waals surface area (Å²) in [6, 6.07) is 6.01. The van der Waals surface area contributed by atoms with E-state index in [1.807, 2.05) is 11.5 Å².